The second-order valence-electron chi connectivity index (χ2n) is 14.2. The van der Waals surface area contributed by atoms with Crippen LogP contribution in [0.5, 0.6) is 0 Å². The summed E-state index contributed by atoms with van der Waals surface area (Å²) in [5.41, 5.74) is -1.96. The summed E-state index contributed by atoms with van der Waals surface area (Å²) >= 11 is 0. The summed E-state index contributed by atoms with van der Waals surface area (Å²) in [5, 5.41) is 35.8. The van der Waals surface area contributed by atoms with Crippen LogP contribution in [0.4, 0.5) is 16.2 Å². The topological polar surface area (TPSA) is 179 Å². The van der Waals surface area contributed by atoms with E-state index >= 15 is 4.79 Å². The van der Waals surface area contributed by atoms with Crippen LogP contribution >= 0.6 is 6.60 Å². The van der Waals surface area contributed by atoms with Gasteiger partial charge in [-0.3, -0.25) is 0 Å². The van der Waals surface area contributed by atoms with Gasteiger partial charge in [-0.2, -0.15) is 0 Å². The zero-order valence-electron chi connectivity index (χ0n) is 31.4. The number of nitro benzene ring substituents is 2. The van der Waals surface area contributed by atoms with Crippen LogP contribution in [0, 0.1) is 32.1 Å². The number of β-lactam (4-membered cyclic amide) rings is 1. The van der Waals surface area contributed by atoms with Crippen LogP contribution in [-0.4, -0.2) is 55.9 Å². The molecule has 3 atom stereocenters. The van der Waals surface area contributed by atoms with Gasteiger partial charge in [-0.25, -0.2) is 0 Å². The molecule has 57 heavy (non-hydrogen) atoms. The number of carbonyl (C=O) groups excluding carboxylic acids is 3. The fraction of sp³-hybridized carbons (Fsp3) is 0.233. The average Bonchev–Trinajstić information content (AvgIpc) is 3.23. The van der Waals surface area contributed by atoms with Gasteiger partial charge >= 0.3 is 330 Å². The quantitative estimate of drug-likeness (QED) is 0.0376. The first-order valence-corrected chi connectivity index (χ1v) is 20.7. The van der Waals surface area contributed by atoms with Crippen molar-refractivity contribution in [2.24, 2.45) is 11.8 Å². The number of hydrogen-bond donors (Lipinski definition) is 1. The Morgan fingerprint density at radius 2 is 1.12 bits per heavy atom. The number of aliphatic hydroxyl groups excluding tert-OH is 1. The van der Waals surface area contributed by atoms with Crippen molar-refractivity contribution in [1.82, 2.24) is 4.90 Å². The van der Waals surface area contributed by atoms with Gasteiger partial charge in [-0.1, -0.05) is 0 Å². The molecule has 0 radical (unpaired) electrons. The third-order valence-electron chi connectivity index (χ3n) is 11.2. The van der Waals surface area contributed by atoms with Gasteiger partial charge in [-0.15, -0.1) is 0 Å². The Morgan fingerprint density at radius 1 is 0.719 bits per heavy atom. The van der Waals surface area contributed by atoms with Gasteiger partial charge in [0.05, 0.1) is 0 Å². The molecule has 3 unspecified atom stereocenters. The van der Waals surface area contributed by atoms with Gasteiger partial charge in [-0.05, 0) is 0 Å². The van der Waals surface area contributed by atoms with Crippen LogP contribution in [0.25, 0.3) is 0 Å². The molecule has 1 aliphatic rings. The van der Waals surface area contributed by atoms with Crippen molar-refractivity contribution in [1.29, 1.82) is 0 Å². The summed E-state index contributed by atoms with van der Waals surface area (Å²) in [7, 11) is 0. The van der Waals surface area contributed by atoms with Gasteiger partial charge in [0.2, 0.25) is 0 Å². The number of amides is 1. The molecule has 1 saturated heterocycles. The Morgan fingerprint density at radius 3 is 1.54 bits per heavy atom. The van der Waals surface area contributed by atoms with Crippen LogP contribution in [-0.2, 0) is 32.3 Å². The monoisotopic (exact) mass is 791 g/mol. The molecule has 1 amide bonds. The van der Waals surface area contributed by atoms with Crippen LogP contribution in [0.3, 0.4) is 0 Å². The first-order chi connectivity index (χ1) is 27.4. The maximum atomic E-state index is 15.8. The number of carbonyl (C=O) groups is 3. The number of nitrogens with zero attached hydrogens (tertiary/aromatic N) is 3. The van der Waals surface area contributed by atoms with Crippen LogP contribution in [0.15, 0.2) is 140 Å². The number of aliphatic hydroxyl groups is 1. The number of esters is 1. The average molecular weight is 792 g/mol. The molecule has 1 aliphatic heterocycles. The van der Waals surface area contributed by atoms with E-state index in [9.17, 15) is 34.9 Å². The molecule has 294 valence electrons. The predicted octanol–water partition coefficient (Wildman–Crippen LogP) is 6.61. The molecule has 1 heterocycles. The van der Waals surface area contributed by atoms with Crippen molar-refractivity contribution in [3.63, 3.8) is 0 Å². The first kappa shape index (κ1) is 40.4. The van der Waals surface area contributed by atoms with E-state index < -0.39 is 58.0 Å². The third-order valence-corrected chi connectivity index (χ3v) is 17.3. The van der Waals surface area contributed by atoms with E-state index in [1.165, 1.54) is 36.4 Å². The summed E-state index contributed by atoms with van der Waals surface area (Å²) < 4.78 is 11.9. The summed E-state index contributed by atoms with van der Waals surface area (Å²) in [6.45, 7) is -2.66. The Balaban J connectivity index is 1.49. The maximum absolute atomic E-state index is 15.8. The Bertz CT molecular complexity index is 2190. The van der Waals surface area contributed by atoms with E-state index in [1.807, 2.05) is 54.6 Å². The van der Waals surface area contributed by atoms with E-state index in [2.05, 4.69) is 0 Å². The Labute approximate surface area is 329 Å². The minimum absolute atomic E-state index is 0.0291. The number of rotatable bonds is 16. The molecule has 5 aromatic rings. The molecule has 6 rings (SSSR count). The fourth-order valence-corrected chi connectivity index (χ4v) is 14.2. The standard InChI is InChI=1S/C43H42N3O10P/c1-31(41(49)55-28-32-16-12-14-24-37(32)45(51)52)39-40(48)44(43(39,2)26-27-47)30-57(34-18-6-3-7-19-34,35-20-8-4-9-21-35,36-22-10-5-11-23-36)42(50)56-29-33-17-13-15-25-38(33)46(53)54/h3-25,31,39,47H,26-30H2,1-2H3. The van der Waals surface area contributed by atoms with E-state index in [0.717, 1.165) is 0 Å². The molecule has 14 heteroatoms. The second-order valence-corrected chi connectivity index (χ2v) is 19.1. The second kappa shape index (κ2) is 16.4. The first-order valence-electron chi connectivity index (χ1n) is 18.3. The SMILES string of the molecule is CC(C(=O)OCc1ccccc1[N+](=O)[O-])C1C(=O)N(CP(C(=O)OCc2ccccc2[N+](=O)[O-])(c2ccccc2)(c2ccccc2)c2ccccc2)C1(C)CCO. The molecule has 13 nitrogen and oxygen atoms in total. The van der Waals surface area contributed by atoms with Crippen molar-refractivity contribution in [2.45, 2.75) is 39.0 Å². The number of benzene rings is 5. The fourth-order valence-electron chi connectivity index (χ4n) is 8.23. The van der Waals surface area contributed by atoms with E-state index in [-0.39, 0.29) is 48.4 Å². The number of hydrogen-bond acceptors (Lipinski definition) is 10. The molecule has 0 spiro atoms. The van der Waals surface area contributed by atoms with Crippen molar-refractivity contribution in [3.8, 4) is 0 Å². The van der Waals surface area contributed by atoms with Gasteiger partial charge in [0.15, 0.2) is 0 Å². The van der Waals surface area contributed by atoms with Crippen molar-refractivity contribution >= 4 is 51.5 Å². The molecule has 5 aromatic carbocycles. The number of nitro groups is 2. The number of likely N-dealkylation sites (tertiary alicyclic amines) is 1. The van der Waals surface area contributed by atoms with Crippen LogP contribution in [0.2, 0.25) is 0 Å². The molecular weight excluding hydrogens is 749 g/mol. The Kier molecular flexibility index (Phi) is 11.6. The zero-order valence-corrected chi connectivity index (χ0v) is 32.3. The normalized spacial score (nSPS) is 17.7. The van der Waals surface area contributed by atoms with E-state index in [0.29, 0.717) is 15.9 Å². The number of para-hydroxylation sites is 2. The summed E-state index contributed by atoms with van der Waals surface area (Å²) in [5.74, 6) is -3.28. The predicted molar refractivity (Wildman–Crippen MR) is 216 cm³/mol. The summed E-state index contributed by atoms with van der Waals surface area (Å²) in [6, 6.07) is 39.0. The van der Waals surface area contributed by atoms with Crippen molar-refractivity contribution < 1.29 is 38.8 Å². The summed E-state index contributed by atoms with van der Waals surface area (Å²) in [4.78, 5) is 68.2. The van der Waals surface area contributed by atoms with Gasteiger partial charge in [0.1, 0.15) is 0 Å². The van der Waals surface area contributed by atoms with Gasteiger partial charge < -0.3 is 0 Å². The Hall–Kier alpha value is -6.30. The summed E-state index contributed by atoms with van der Waals surface area (Å²) in [6.07, 6.45) is -0.204. The van der Waals surface area contributed by atoms with Crippen LogP contribution in [0.1, 0.15) is 31.4 Å². The van der Waals surface area contributed by atoms with E-state index in [1.54, 1.807) is 67.3 Å². The molecular formula is C43H42N3O10P. The molecule has 1 fully saturated rings. The molecule has 0 aliphatic carbocycles. The molecule has 0 bridgehead atoms. The molecule has 0 saturated carbocycles. The zero-order chi connectivity index (χ0) is 40.8. The third kappa shape index (κ3) is 6.93. The van der Waals surface area contributed by atoms with E-state index in [4.69, 9.17) is 9.47 Å². The molecule has 0 aromatic heterocycles. The molecule has 1 N–H and O–H groups in total. The number of ether oxygens (including phenoxy) is 2. The van der Waals surface area contributed by atoms with Crippen molar-refractivity contribution in [3.05, 3.63) is 171 Å². The minimum atomic E-state index is -4.77. The van der Waals surface area contributed by atoms with Gasteiger partial charge in [0, 0.05) is 0 Å². The van der Waals surface area contributed by atoms with Crippen molar-refractivity contribution in [2.75, 3.05) is 12.9 Å². The van der Waals surface area contributed by atoms with Gasteiger partial charge in [0.25, 0.3) is 0 Å². The van der Waals surface area contributed by atoms with Crippen LogP contribution < -0.4 is 15.9 Å².